The van der Waals surface area contributed by atoms with Gasteiger partial charge >= 0.3 is 0 Å². The van der Waals surface area contributed by atoms with Crippen molar-refractivity contribution in [2.24, 2.45) is 5.73 Å². The largest absolute Gasteiger partial charge is 0.488 e. The fourth-order valence-corrected chi connectivity index (χ4v) is 4.29. The Balaban J connectivity index is 1.48. The third kappa shape index (κ3) is 3.40. The fourth-order valence-electron chi connectivity index (χ4n) is 4.11. The quantitative estimate of drug-likeness (QED) is 0.885. The Kier molecular flexibility index (Phi) is 4.69. The first kappa shape index (κ1) is 16.9. The molecule has 1 aliphatic carbocycles. The van der Waals surface area contributed by atoms with E-state index in [1.165, 1.54) is 11.1 Å². The number of halogens is 1. The minimum atomic E-state index is -0.612. The molecule has 0 saturated heterocycles. The van der Waals surface area contributed by atoms with E-state index in [1.807, 2.05) is 12.1 Å². The molecule has 25 heavy (non-hydrogen) atoms. The maximum absolute atomic E-state index is 10.9. The minimum absolute atomic E-state index is 0.0856. The number of hydrogen-bond donors (Lipinski definition) is 2. The van der Waals surface area contributed by atoms with Crippen LogP contribution in [0.5, 0.6) is 5.75 Å². The molecule has 4 rings (SSSR count). The average molecular weight is 359 g/mol. The van der Waals surface area contributed by atoms with Crippen LogP contribution in [0.4, 0.5) is 0 Å². The highest BCUT2D eigenvalue weighted by Gasteiger charge is 2.45. The fraction of sp³-hybridized carbons (Fsp3) is 0.400. The van der Waals surface area contributed by atoms with Crippen molar-refractivity contribution in [3.63, 3.8) is 0 Å². The average Bonchev–Trinajstić information content (AvgIpc) is 2.88. The molecule has 2 aliphatic rings. The summed E-state index contributed by atoms with van der Waals surface area (Å²) in [6, 6.07) is 15.6. The van der Waals surface area contributed by atoms with Gasteiger partial charge in [-0.25, -0.2) is 0 Å². The molecule has 132 valence electrons. The van der Waals surface area contributed by atoms with Crippen LogP contribution >= 0.6 is 11.6 Å². The summed E-state index contributed by atoms with van der Waals surface area (Å²) < 4.78 is 5.99. The second-order valence-electron chi connectivity index (χ2n) is 6.98. The monoisotopic (exact) mass is 358 g/mol. The Labute approximate surface area is 153 Å². The van der Waals surface area contributed by atoms with E-state index in [-0.39, 0.29) is 18.2 Å². The summed E-state index contributed by atoms with van der Waals surface area (Å²) in [7, 11) is 0. The molecule has 5 heteroatoms. The van der Waals surface area contributed by atoms with Gasteiger partial charge in [-0.15, -0.1) is 0 Å². The van der Waals surface area contributed by atoms with Crippen molar-refractivity contribution in [1.29, 1.82) is 0 Å². The second-order valence-corrected chi connectivity index (χ2v) is 7.42. The van der Waals surface area contributed by atoms with Crippen molar-refractivity contribution >= 4 is 11.6 Å². The summed E-state index contributed by atoms with van der Waals surface area (Å²) in [6.07, 6.45) is 0.706. The van der Waals surface area contributed by atoms with Crippen molar-refractivity contribution < 1.29 is 9.84 Å². The zero-order valence-corrected chi connectivity index (χ0v) is 14.8. The number of hydrogen-bond acceptors (Lipinski definition) is 4. The summed E-state index contributed by atoms with van der Waals surface area (Å²) in [4.78, 5) is 2.30. The van der Waals surface area contributed by atoms with Gasteiger partial charge in [-0.3, -0.25) is 4.90 Å². The van der Waals surface area contributed by atoms with Crippen molar-refractivity contribution in [3.05, 3.63) is 64.7 Å². The Bertz CT molecular complexity index is 754. The van der Waals surface area contributed by atoms with E-state index in [2.05, 4.69) is 29.2 Å². The molecule has 0 radical (unpaired) electrons. The predicted molar refractivity (Wildman–Crippen MR) is 98.8 cm³/mol. The summed E-state index contributed by atoms with van der Waals surface area (Å²) in [6.45, 7) is 1.74. The molecule has 2 aromatic carbocycles. The molecule has 0 amide bonds. The Hall–Kier alpha value is -1.59. The van der Waals surface area contributed by atoms with Gasteiger partial charge in [0.15, 0.2) is 0 Å². The molecule has 0 bridgehead atoms. The molecule has 1 aliphatic heterocycles. The zero-order chi connectivity index (χ0) is 17.4. The molecule has 3 N–H and O–H groups in total. The predicted octanol–water partition coefficient (Wildman–Crippen LogP) is 2.61. The third-order valence-corrected chi connectivity index (χ3v) is 5.57. The van der Waals surface area contributed by atoms with Crippen molar-refractivity contribution in [1.82, 2.24) is 4.90 Å². The van der Waals surface area contributed by atoms with E-state index in [1.54, 1.807) is 12.1 Å². The minimum Gasteiger partial charge on any atom is -0.488 e. The van der Waals surface area contributed by atoms with Crippen LogP contribution in [-0.4, -0.2) is 40.8 Å². The topological polar surface area (TPSA) is 58.7 Å². The summed E-state index contributed by atoms with van der Waals surface area (Å²) in [5.74, 6) is 0.674. The highest BCUT2D eigenvalue weighted by Crippen LogP contribution is 2.31. The van der Waals surface area contributed by atoms with Gasteiger partial charge in [-0.05, 0) is 35.7 Å². The van der Waals surface area contributed by atoms with Crippen molar-refractivity contribution in [2.45, 2.75) is 43.7 Å². The van der Waals surface area contributed by atoms with E-state index < -0.39 is 6.10 Å². The van der Waals surface area contributed by atoms with Gasteiger partial charge < -0.3 is 15.6 Å². The summed E-state index contributed by atoms with van der Waals surface area (Å²) in [5, 5.41) is 11.5. The lowest BCUT2D eigenvalue weighted by atomic mass is 9.97. The maximum atomic E-state index is 10.9. The lowest BCUT2D eigenvalue weighted by Gasteiger charge is -2.37. The molecule has 4 atom stereocenters. The first-order chi connectivity index (χ1) is 12.1. The van der Waals surface area contributed by atoms with Gasteiger partial charge in [0.25, 0.3) is 0 Å². The van der Waals surface area contributed by atoms with Crippen LogP contribution in [0, 0.1) is 0 Å². The number of nitrogens with zero attached hydrogens (tertiary/aromatic N) is 1. The molecule has 0 spiro atoms. The lowest BCUT2D eigenvalue weighted by molar-refractivity contribution is 0.00405. The maximum Gasteiger partial charge on any atom is 0.128 e. The highest BCUT2D eigenvalue weighted by atomic mass is 35.5. The lowest BCUT2D eigenvalue weighted by Crippen LogP contribution is -2.52. The Morgan fingerprint density at radius 3 is 2.72 bits per heavy atom. The SMILES string of the molecule is N[C@@H]1C[C@@H](Oc2cccc(Cl)c2)[C@H](O)[C@H]1N1CCc2ccccc2C1. The normalized spacial score (nSPS) is 29.4. The first-order valence-electron chi connectivity index (χ1n) is 8.78. The molecule has 2 aromatic rings. The van der Waals surface area contributed by atoms with E-state index in [0.717, 1.165) is 19.5 Å². The zero-order valence-electron chi connectivity index (χ0n) is 14.0. The van der Waals surface area contributed by atoms with Gasteiger partial charge in [0.2, 0.25) is 0 Å². The van der Waals surface area contributed by atoms with Crippen LogP contribution in [0.1, 0.15) is 17.5 Å². The van der Waals surface area contributed by atoms with Crippen molar-refractivity contribution in [3.8, 4) is 5.75 Å². The van der Waals surface area contributed by atoms with Gasteiger partial charge in [0, 0.05) is 30.6 Å². The molecule has 1 heterocycles. The molecule has 4 nitrogen and oxygen atoms in total. The highest BCUT2D eigenvalue weighted by molar-refractivity contribution is 6.30. The Morgan fingerprint density at radius 2 is 1.92 bits per heavy atom. The van der Waals surface area contributed by atoms with Crippen LogP contribution in [-0.2, 0) is 13.0 Å². The van der Waals surface area contributed by atoms with Gasteiger partial charge in [0.1, 0.15) is 18.0 Å². The number of aliphatic hydroxyl groups is 1. The number of ether oxygens (including phenoxy) is 1. The van der Waals surface area contributed by atoms with Crippen LogP contribution in [0.25, 0.3) is 0 Å². The van der Waals surface area contributed by atoms with Crippen molar-refractivity contribution in [2.75, 3.05) is 6.54 Å². The Morgan fingerprint density at radius 1 is 1.12 bits per heavy atom. The first-order valence-corrected chi connectivity index (χ1v) is 9.16. The van der Waals surface area contributed by atoms with Gasteiger partial charge in [0.05, 0.1) is 6.04 Å². The number of rotatable bonds is 3. The van der Waals surface area contributed by atoms with E-state index in [9.17, 15) is 5.11 Å². The molecule has 1 fully saturated rings. The third-order valence-electron chi connectivity index (χ3n) is 5.34. The van der Waals surface area contributed by atoms with Crippen LogP contribution in [0.15, 0.2) is 48.5 Å². The number of aliphatic hydroxyl groups excluding tert-OH is 1. The van der Waals surface area contributed by atoms with Gasteiger partial charge in [-0.2, -0.15) is 0 Å². The smallest absolute Gasteiger partial charge is 0.128 e. The molecular formula is C20H23ClN2O2. The standard InChI is InChI=1S/C20H23ClN2O2/c21-15-6-3-7-16(10-15)25-18-11-17(22)19(20(18)24)23-9-8-13-4-1-2-5-14(13)12-23/h1-7,10,17-20,24H,8-9,11-12,22H2/t17-,18-,19+,20+/m1/s1. The summed E-state index contributed by atoms with van der Waals surface area (Å²) in [5.41, 5.74) is 9.11. The number of fused-ring (bicyclic) bond motifs is 1. The van der Waals surface area contributed by atoms with Crippen LogP contribution in [0.2, 0.25) is 5.02 Å². The molecule has 1 saturated carbocycles. The second kappa shape index (κ2) is 6.96. The van der Waals surface area contributed by atoms with Crippen LogP contribution < -0.4 is 10.5 Å². The molecule has 0 aromatic heterocycles. The molecular weight excluding hydrogens is 336 g/mol. The summed E-state index contributed by atoms with van der Waals surface area (Å²) >= 11 is 6.02. The number of benzene rings is 2. The van der Waals surface area contributed by atoms with E-state index in [4.69, 9.17) is 22.1 Å². The number of nitrogens with two attached hydrogens (primary N) is 1. The van der Waals surface area contributed by atoms with Gasteiger partial charge in [-0.1, -0.05) is 41.9 Å². The van der Waals surface area contributed by atoms with E-state index >= 15 is 0 Å². The van der Waals surface area contributed by atoms with E-state index in [0.29, 0.717) is 17.2 Å². The molecule has 0 unspecified atom stereocenters. The van der Waals surface area contributed by atoms with Crippen LogP contribution in [0.3, 0.4) is 0 Å².